The number of benzene rings is 1. The Balaban J connectivity index is 1.22. The Hall–Kier alpha value is -2.67. The lowest BCUT2D eigenvalue weighted by Gasteiger charge is -2.36. The first-order chi connectivity index (χ1) is 20.2. The van der Waals surface area contributed by atoms with E-state index in [1.165, 1.54) is 29.8 Å². The number of likely N-dealkylation sites (N-methyl/N-ethyl adjacent to an activating group) is 2. The van der Waals surface area contributed by atoms with Gasteiger partial charge in [0.15, 0.2) is 6.61 Å². The van der Waals surface area contributed by atoms with Crippen LogP contribution in [0.2, 0.25) is 5.02 Å². The zero-order valence-electron chi connectivity index (χ0n) is 24.0. The molecule has 0 radical (unpaired) electrons. The average molecular weight is 637 g/mol. The number of halogens is 1. The zero-order chi connectivity index (χ0) is 30.3. The Morgan fingerprint density at radius 3 is 2.21 bits per heavy atom. The molecule has 0 saturated heterocycles. The summed E-state index contributed by atoms with van der Waals surface area (Å²) in [6, 6.07) is 10.6. The highest BCUT2D eigenvalue weighted by Crippen LogP contribution is 2.38. The molecule has 2 aromatic heterocycles. The lowest BCUT2D eigenvalue weighted by Crippen LogP contribution is -2.44. The van der Waals surface area contributed by atoms with Crippen molar-refractivity contribution in [3.05, 3.63) is 67.5 Å². The van der Waals surface area contributed by atoms with Gasteiger partial charge in [-0.1, -0.05) is 23.7 Å². The molecule has 3 aromatic rings. The third-order valence-corrected chi connectivity index (χ3v) is 9.91. The molecule has 0 bridgehead atoms. The monoisotopic (exact) mass is 636 g/mol. The van der Waals surface area contributed by atoms with Gasteiger partial charge < -0.3 is 34.2 Å². The van der Waals surface area contributed by atoms with Gasteiger partial charge in [-0.3, -0.25) is 4.79 Å². The number of amides is 1. The molecule has 1 aliphatic rings. The van der Waals surface area contributed by atoms with Gasteiger partial charge in [-0.05, 0) is 61.7 Å². The van der Waals surface area contributed by atoms with Crippen LogP contribution in [0.3, 0.4) is 0 Å². The summed E-state index contributed by atoms with van der Waals surface area (Å²) in [5.41, 5.74) is -1.26. The van der Waals surface area contributed by atoms with E-state index in [4.69, 9.17) is 25.8 Å². The van der Waals surface area contributed by atoms with Gasteiger partial charge >= 0.3 is 5.97 Å². The van der Waals surface area contributed by atoms with Crippen molar-refractivity contribution >= 4 is 46.2 Å². The summed E-state index contributed by atoms with van der Waals surface area (Å²) in [4.78, 5) is 30.9. The van der Waals surface area contributed by atoms with E-state index in [2.05, 4.69) is 4.90 Å². The minimum atomic E-state index is -1.79. The third kappa shape index (κ3) is 7.45. The molecule has 0 aliphatic heterocycles. The number of hydrogen-bond donors (Lipinski definition) is 2. The van der Waals surface area contributed by atoms with E-state index >= 15 is 0 Å². The Morgan fingerprint density at radius 1 is 1.02 bits per heavy atom. The summed E-state index contributed by atoms with van der Waals surface area (Å²) >= 11 is 8.90. The molecule has 1 saturated carbocycles. The number of methoxy groups -OCH3 is 1. The predicted octanol–water partition coefficient (Wildman–Crippen LogP) is 4.52. The van der Waals surface area contributed by atoms with Crippen LogP contribution in [0.1, 0.15) is 41.0 Å². The highest BCUT2D eigenvalue weighted by molar-refractivity contribution is 7.12. The number of thiophene rings is 2. The molecule has 2 N–H and O–H groups in total. The molecule has 12 heteroatoms. The number of esters is 1. The number of rotatable bonds is 13. The van der Waals surface area contributed by atoms with Crippen LogP contribution in [0.4, 0.5) is 0 Å². The lowest BCUT2D eigenvalue weighted by atomic mass is 9.91. The van der Waals surface area contributed by atoms with Crippen molar-refractivity contribution in [2.45, 2.75) is 50.0 Å². The quantitative estimate of drug-likeness (QED) is 0.264. The van der Waals surface area contributed by atoms with Gasteiger partial charge in [0.25, 0.3) is 5.91 Å². The molecule has 0 unspecified atom stereocenters. The first-order valence-corrected chi connectivity index (χ1v) is 15.9. The molecule has 1 aromatic carbocycles. The molecular formula is C30H37ClN2O7S2. The summed E-state index contributed by atoms with van der Waals surface area (Å²) in [6.07, 6.45) is 2.83. The van der Waals surface area contributed by atoms with Crippen molar-refractivity contribution < 1.29 is 34.0 Å². The third-order valence-electron chi connectivity index (χ3n) is 7.66. The predicted molar refractivity (Wildman–Crippen MR) is 163 cm³/mol. The molecule has 1 fully saturated rings. The fraction of sp³-hybridized carbons (Fsp3) is 0.467. The Kier molecular flexibility index (Phi) is 11.3. The van der Waals surface area contributed by atoms with E-state index in [0.717, 1.165) is 12.8 Å². The van der Waals surface area contributed by atoms with Crippen LogP contribution < -0.4 is 9.47 Å². The van der Waals surface area contributed by atoms with E-state index in [0.29, 0.717) is 63.8 Å². The molecule has 9 nitrogen and oxygen atoms in total. The Morgan fingerprint density at radius 2 is 1.67 bits per heavy atom. The number of carbonyl (C=O) groups is 2. The molecule has 2 heterocycles. The van der Waals surface area contributed by atoms with Gasteiger partial charge in [0, 0.05) is 37.8 Å². The first kappa shape index (κ1) is 32.2. The van der Waals surface area contributed by atoms with Crippen molar-refractivity contribution in [1.29, 1.82) is 0 Å². The summed E-state index contributed by atoms with van der Waals surface area (Å²) in [7, 11) is 5.25. The molecule has 228 valence electrons. The normalized spacial score (nSPS) is 17.2. The molecule has 42 heavy (non-hydrogen) atoms. The minimum absolute atomic E-state index is 0.179. The maximum atomic E-state index is 13.3. The molecule has 0 spiro atoms. The number of aliphatic hydroxyl groups excluding tert-OH is 1. The van der Waals surface area contributed by atoms with Crippen LogP contribution >= 0.6 is 34.3 Å². The largest absolute Gasteiger partial charge is 0.496 e. The summed E-state index contributed by atoms with van der Waals surface area (Å²) in [6.45, 7) is 0.789. The number of nitrogens with zero attached hydrogens (tertiary/aromatic N) is 2. The second-order valence-electron chi connectivity index (χ2n) is 10.3. The molecule has 1 aliphatic carbocycles. The first-order valence-electron chi connectivity index (χ1n) is 13.7. The van der Waals surface area contributed by atoms with E-state index in [9.17, 15) is 19.8 Å². The van der Waals surface area contributed by atoms with Crippen LogP contribution in [-0.4, -0.2) is 84.9 Å². The van der Waals surface area contributed by atoms with Gasteiger partial charge in [0.2, 0.25) is 5.60 Å². The maximum absolute atomic E-state index is 13.3. The molecule has 4 rings (SSSR count). The summed E-state index contributed by atoms with van der Waals surface area (Å²) in [5, 5.41) is 24.9. The van der Waals surface area contributed by atoms with E-state index in [1.807, 2.05) is 29.9 Å². The van der Waals surface area contributed by atoms with Crippen LogP contribution in [0.25, 0.3) is 0 Å². The fourth-order valence-electron chi connectivity index (χ4n) is 5.00. The average Bonchev–Trinajstić information content (AvgIpc) is 3.74. The highest BCUT2D eigenvalue weighted by atomic mass is 35.5. The van der Waals surface area contributed by atoms with Crippen LogP contribution in [0.15, 0.2) is 47.2 Å². The zero-order valence-corrected chi connectivity index (χ0v) is 26.3. The number of hydrogen-bond acceptors (Lipinski definition) is 10. The van der Waals surface area contributed by atoms with Crippen molar-refractivity contribution in [2.24, 2.45) is 0 Å². The standard InChI is InChI=1S/C30H37ClN2O7S2/c1-32(12-13-33(2)28(35)19-39-25-17-24(38-3)20(18-34)16-23(25)31)21-8-10-22(11-9-21)40-29(36)30(37,26-6-4-14-41-26)27-7-5-15-42-27/h4-7,14-17,21-22,34,37H,8-13,18-19H2,1-3H3/t21-,22-. The second kappa shape index (κ2) is 14.7. The van der Waals surface area contributed by atoms with Crippen molar-refractivity contribution in [2.75, 3.05) is 40.9 Å². The van der Waals surface area contributed by atoms with Gasteiger partial charge in [-0.25, -0.2) is 4.79 Å². The van der Waals surface area contributed by atoms with Gasteiger partial charge in [-0.15, -0.1) is 22.7 Å². The van der Waals surface area contributed by atoms with Crippen molar-refractivity contribution in [3.63, 3.8) is 0 Å². The molecule has 1 amide bonds. The van der Waals surface area contributed by atoms with Crippen LogP contribution in [-0.2, 0) is 26.5 Å². The highest BCUT2D eigenvalue weighted by Gasteiger charge is 2.45. The maximum Gasteiger partial charge on any atom is 0.349 e. The Labute approximate surface area is 259 Å². The number of carbonyl (C=O) groups excluding carboxylic acids is 2. The molecule has 0 atom stereocenters. The van der Waals surface area contributed by atoms with Gasteiger partial charge in [-0.2, -0.15) is 0 Å². The second-order valence-corrected chi connectivity index (χ2v) is 12.6. The molecular weight excluding hydrogens is 600 g/mol. The number of aliphatic hydroxyl groups is 2. The topological polar surface area (TPSA) is 109 Å². The van der Waals surface area contributed by atoms with Crippen LogP contribution in [0, 0.1) is 0 Å². The van der Waals surface area contributed by atoms with E-state index in [-0.39, 0.29) is 25.2 Å². The summed E-state index contributed by atoms with van der Waals surface area (Å²) in [5.74, 6) is -0.0735. The Bertz CT molecular complexity index is 1280. The van der Waals surface area contributed by atoms with Crippen molar-refractivity contribution in [1.82, 2.24) is 9.80 Å². The minimum Gasteiger partial charge on any atom is -0.496 e. The summed E-state index contributed by atoms with van der Waals surface area (Å²) < 4.78 is 16.8. The van der Waals surface area contributed by atoms with Crippen molar-refractivity contribution in [3.8, 4) is 11.5 Å². The lowest BCUT2D eigenvalue weighted by molar-refractivity contribution is -0.169. The van der Waals surface area contributed by atoms with Gasteiger partial charge in [0.1, 0.15) is 17.6 Å². The smallest absolute Gasteiger partial charge is 0.349 e. The fourth-order valence-corrected chi connectivity index (χ4v) is 6.95. The van der Waals surface area contributed by atoms with Crippen LogP contribution in [0.5, 0.6) is 11.5 Å². The van der Waals surface area contributed by atoms with Gasteiger partial charge in [0.05, 0.1) is 28.5 Å². The number of ether oxygens (including phenoxy) is 3. The SMILES string of the molecule is COc1cc(OCC(=O)N(C)CCN(C)[C@H]2CC[C@H](OC(=O)C(O)(c3cccs3)c3cccs3)CC2)c(Cl)cc1CO. The van der Waals surface area contributed by atoms with E-state index in [1.54, 1.807) is 36.2 Å². The van der Waals surface area contributed by atoms with E-state index < -0.39 is 11.6 Å².